The summed E-state index contributed by atoms with van der Waals surface area (Å²) in [5, 5.41) is 2.83. The molecule has 2 rings (SSSR count). The van der Waals surface area contributed by atoms with E-state index in [0.717, 1.165) is 5.56 Å². The van der Waals surface area contributed by atoms with Crippen LogP contribution in [0, 0.1) is 5.92 Å². The molecule has 0 aromatic heterocycles. The summed E-state index contributed by atoms with van der Waals surface area (Å²) in [7, 11) is 0. The average Bonchev–Trinajstić information content (AvgIpc) is 3.12. The lowest BCUT2D eigenvalue weighted by atomic mass is 9.91. The number of rotatable bonds is 8. The maximum Gasteiger partial charge on any atom is 0.410 e. The summed E-state index contributed by atoms with van der Waals surface area (Å²) < 4.78 is 16.1. The smallest absolute Gasteiger partial charge is 0.410 e. The van der Waals surface area contributed by atoms with Gasteiger partial charge in [-0.2, -0.15) is 0 Å². The number of amides is 2. The predicted molar refractivity (Wildman–Crippen MR) is 120 cm³/mol. The standard InChI is InChI=1S/C24H34N2O6/c1-6-11-18(21(27)30-7-2)20-19(25-22(28)32-24(3,4)5)14-15-26(20)23(29)31-16-17-12-9-8-10-13-17/h6,8-10,12-13,18-20H,1,7,11,14-16H2,2-5H3,(H,25,28)/t18-,19+,20-/m0/s1. The highest BCUT2D eigenvalue weighted by atomic mass is 16.6. The van der Waals surface area contributed by atoms with Crippen LogP contribution in [0.3, 0.4) is 0 Å². The molecule has 1 aromatic carbocycles. The molecule has 8 heteroatoms. The van der Waals surface area contributed by atoms with Crippen LogP contribution in [0.5, 0.6) is 0 Å². The van der Waals surface area contributed by atoms with Crippen molar-refractivity contribution in [3.63, 3.8) is 0 Å². The Bertz CT molecular complexity index is 789. The van der Waals surface area contributed by atoms with E-state index in [-0.39, 0.29) is 13.2 Å². The maximum absolute atomic E-state index is 13.0. The Kier molecular flexibility index (Phi) is 9.11. The molecule has 0 radical (unpaired) electrons. The Balaban J connectivity index is 2.22. The molecule has 1 N–H and O–H groups in total. The number of hydrogen-bond donors (Lipinski definition) is 1. The van der Waals surface area contributed by atoms with Gasteiger partial charge in [0.15, 0.2) is 0 Å². The summed E-state index contributed by atoms with van der Waals surface area (Å²) >= 11 is 0. The van der Waals surface area contributed by atoms with Gasteiger partial charge in [-0.05, 0) is 46.1 Å². The Morgan fingerprint density at radius 2 is 1.91 bits per heavy atom. The molecule has 1 aliphatic heterocycles. The Labute approximate surface area is 189 Å². The van der Waals surface area contributed by atoms with Crippen molar-refractivity contribution in [3.05, 3.63) is 48.6 Å². The van der Waals surface area contributed by atoms with Crippen LogP contribution >= 0.6 is 0 Å². The van der Waals surface area contributed by atoms with Crippen molar-refractivity contribution in [2.24, 2.45) is 5.92 Å². The lowest BCUT2D eigenvalue weighted by molar-refractivity contribution is -0.150. The fourth-order valence-corrected chi connectivity index (χ4v) is 3.75. The zero-order valence-corrected chi connectivity index (χ0v) is 19.3. The molecule has 2 amide bonds. The van der Waals surface area contributed by atoms with Gasteiger partial charge in [0.1, 0.15) is 12.2 Å². The van der Waals surface area contributed by atoms with E-state index in [1.165, 1.54) is 4.90 Å². The molecule has 1 fully saturated rings. The van der Waals surface area contributed by atoms with Crippen molar-refractivity contribution < 1.29 is 28.6 Å². The molecule has 32 heavy (non-hydrogen) atoms. The number of esters is 1. The molecule has 0 bridgehead atoms. The number of nitrogens with one attached hydrogen (secondary N) is 1. The number of benzene rings is 1. The molecule has 0 saturated carbocycles. The average molecular weight is 447 g/mol. The second-order valence-electron chi connectivity index (χ2n) is 8.65. The Hall–Kier alpha value is -3.03. The lowest BCUT2D eigenvalue weighted by Gasteiger charge is -2.33. The van der Waals surface area contributed by atoms with Gasteiger partial charge in [0.25, 0.3) is 0 Å². The first kappa shape index (κ1) is 25.2. The molecule has 176 valence electrons. The predicted octanol–water partition coefficient (Wildman–Crippen LogP) is 4.05. The van der Waals surface area contributed by atoms with Crippen molar-refractivity contribution in [3.8, 4) is 0 Å². The van der Waals surface area contributed by atoms with E-state index in [2.05, 4.69) is 11.9 Å². The fraction of sp³-hybridized carbons (Fsp3) is 0.542. The molecule has 0 aliphatic carbocycles. The summed E-state index contributed by atoms with van der Waals surface area (Å²) in [6.45, 7) is 11.4. The third-order valence-electron chi connectivity index (χ3n) is 5.02. The highest BCUT2D eigenvalue weighted by Gasteiger charge is 2.46. The number of hydrogen-bond acceptors (Lipinski definition) is 6. The molecule has 0 unspecified atom stereocenters. The van der Waals surface area contributed by atoms with Crippen LogP contribution in [0.2, 0.25) is 0 Å². The first-order chi connectivity index (χ1) is 15.2. The molecular weight excluding hydrogens is 412 g/mol. The highest BCUT2D eigenvalue weighted by molar-refractivity contribution is 5.77. The van der Waals surface area contributed by atoms with E-state index < -0.39 is 41.8 Å². The van der Waals surface area contributed by atoms with Crippen LogP contribution in [-0.4, -0.2) is 53.9 Å². The van der Waals surface area contributed by atoms with Crippen LogP contribution in [0.15, 0.2) is 43.0 Å². The molecule has 1 aliphatic rings. The third kappa shape index (κ3) is 7.28. The number of ether oxygens (including phenoxy) is 3. The zero-order chi connectivity index (χ0) is 23.7. The number of nitrogens with zero attached hydrogens (tertiary/aromatic N) is 1. The second kappa shape index (κ2) is 11.5. The Morgan fingerprint density at radius 3 is 2.50 bits per heavy atom. The molecule has 1 aromatic rings. The quantitative estimate of drug-likeness (QED) is 0.368. The minimum atomic E-state index is -0.695. The minimum absolute atomic E-state index is 0.110. The summed E-state index contributed by atoms with van der Waals surface area (Å²) in [4.78, 5) is 39.6. The van der Waals surface area contributed by atoms with Gasteiger partial charge < -0.3 is 24.4 Å². The number of likely N-dealkylation sites (tertiary alicyclic amines) is 1. The van der Waals surface area contributed by atoms with E-state index in [1.54, 1.807) is 33.8 Å². The van der Waals surface area contributed by atoms with Crippen molar-refractivity contribution in [1.82, 2.24) is 10.2 Å². The normalized spacial score (nSPS) is 19.1. The van der Waals surface area contributed by atoms with E-state index >= 15 is 0 Å². The topological polar surface area (TPSA) is 94.2 Å². The van der Waals surface area contributed by atoms with Crippen molar-refractivity contribution >= 4 is 18.2 Å². The third-order valence-corrected chi connectivity index (χ3v) is 5.02. The summed E-state index contributed by atoms with van der Waals surface area (Å²) in [5.41, 5.74) is 0.182. The lowest BCUT2D eigenvalue weighted by Crippen LogP contribution is -2.53. The van der Waals surface area contributed by atoms with E-state index in [1.807, 2.05) is 30.3 Å². The van der Waals surface area contributed by atoms with Gasteiger partial charge in [-0.3, -0.25) is 4.79 Å². The van der Waals surface area contributed by atoms with Crippen molar-refractivity contribution in [2.75, 3.05) is 13.2 Å². The number of carbonyl (C=O) groups excluding carboxylic acids is 3. The van der Waals surface area contributed by atoms with Gasteiger partial charge in [0.05, 0.1) is 24.6 Å². The number of carbonyl (C=O) groups is 3. The summed E-state index contributed by atoms with van der Waals surface area (Å²) in [5.74, 6) is -1.14. The van der Waals surface area contributed by atoms with Crippen LogP contribution in [0.4, 0.5) is 9.59 Å². The Morgan fingerprint density at radius 1 is 1.22 bits per heavy atom. The van der Waals surface area contributed by atoms with Gasteiger partial charge >= 0.3 is 18.2 Å². The molecule has 8 nitrogen and oxygen atoms in total. The maximum atomic E-state index is 13.0. The molecular formula is C24H34N2O6. The first-order valence-corrected chi connectivity index (χ1v) is 10.9. The van der Waals surface area contributed by atoms with E-state index in [9.17, 15) is 14.4 Å². The van der Waals surface area contributed by atoms with Crippen LogP contribution in [0.25, 0.3) is 0 Å². The van der Waals surface area contributed by atoms with E-state index in [4.69, 9.17) is 14.2 Å². The largest absolute Gasteiger partial charge is 0.466 e. The molecule has 3 atom stereocenters. The first-order valence-electron chi connectivity index (χ1n) is 10.9. The molecule has 0 spiro atoms. The fourth-order valence-electron chi connectivity index (χ4n) is 3.75. The molecule has 1 heterocycles. The van der Waals surface area contributed by atoms with Crippen LogP contribution in [-0.2, 0) is 25.6 Å². The second-order valence-corrected chi connectivity index (χ2v) is 8.65. The van der Waals surface area contributed by atoms with Crippen LogP contribution in [0.1, 0.15) is 46.1 Å². The number of allylic oxidation sites excluding steroid dienone is 1. The summed E-state index contributed by atoms with van der Waals surface area (Å²) in [6, 6.07) is 8.19. The van der Waals surface area contributed by atoms with Gasteiger partial charge in [-0.1, -0.05) is 36.4 Å². The van der Waals surface area contributed by atoms with Crippen molar-refractivity contribution in [2.45, 2.75) is 64.8 Å². The molecule has 1 saturated heterocycles. The highest BCUT2D eigenvalue weighted by Crippen LogP contribution is 2.29. The van der Waals surface area contributed by atoms with Crippen LogP contribution < -0.4 is 5.32 Å². The SMILES string of the molecule is C=CC[C@H](C(=O)OCC)[C@H]1[C@H](NC(=O)OC(C)(C)C)CCN1C(=O)OCc1ccccc1. The summed E-state index contributed by atoms with van der Waals surface area (Å²) in [6.07, 6.45) is 1.20. The van der Waals surface area contributed by atoms with Crippen molar-refractivity contribution in [1.29, 1.82) is 0 Å². The van der Waals surface area contributed by atoms with E-state index in [0.29, 0.717) is 19.4 Å². The van der Waals surface area contributed by atoms with Gasteiger partial charge in [0, 0.05) is 6.54 Å². The minimum Gasteiger partial charge on any atom is -0.466 e. The van der Waals surface area contributed by atoms with Gasteiger partial charge in [-0.15, -0.1) is 6.58 Å². The zero-order valence-electron chi connectivity index (χ0n) is 19.3. The monoisotopic (exact) mass is 446 g/mol. The van der Waals surface area contributed by atoms with Gasteiger partial charge in [0.2, 0.25) is 0 Å². The number of alkyl carbamates (subject to hydrolysis) is 1. The van der Waals surface area contributed by atoms with Gasteiger partial charge in [-0.25, -0.2) is 9.59 Å².